The Balaban J connectivity index is 2.96. The fourth-order valence-corrected chi connectivity index (χ4v) is 2.14. The Bertz CT molecular complexity index is 469. The van der Waals surface area contributed by atoms with Gasteiger partial charge in [0.2, 0.25) is 0 Å². The van der Waals surface area contributed by atoms with E-state index >= 15 is 0 Å². The monoisotopic (exact) mass is 343 g/mol. The zero-order valence-electron chi connectivity index (χ0n) is 12.4. The number of ether oxygens (including phenoxy) is 1. The molecule has 0 heterocycles. The van der Waals surface area contributed by atoms with Crippen LogP contribution in [0.25, 0.3) is 0 Å². The molecule has 4 nitrogen and oxygen atoms in total. The summed E-state index contributed by atoms with van der Waals surface area (Å²) in [5, 5.41) is 12.5. The minimum absolute atomic E-state index is 0.0173. The fourth-order valence-electron chi connectivity index (χ4n) is 1.64. The number of halogens is 1. The molecule has 0 aliphatic heterocycles. The van der Waals surface area contributed by atoms with Crippen molar-refractivity contribution < 1.29 is 14.6 Å². The second kappa shape index (κ2) is 7.09. The summed E-state index contributed by atoms with van der Waals surface area (Å²) in [4.78, 5) is 11.1. The Labute approximate surface area is 128 Å². The lowest BCUT2D eigenvalue weighted by atomic mass is 10.1. The van der Waals surface area contributed by atoms with Crippen LogP contribution in [0.15, 0.2) is 22.7 Å². The molecule has 112 valence electrons. The van der Waals surface area contributed by atoms with E-state index in [0.717, 1.165) is 10.0 Å². The molecule has 0 amide bonds. The summed E-state index contributed by atoms with van der Waals surface area (Å²) < 4.78 is 6.43. The Kier molecular flexibility index (Phi) is 6.02. The van der Waals surface area contributed by atoms with Crippen LogP contribution in [0, 0.1) is 0 Å². The van der Waals surface area contributed by atoms with Gasteiger partial charge in [0.1, 0.15) is 5.75 Å². The van der Waals surface area contributed by atoms with Crippen LogP contribution in [0.2, 0.25) is 0 Å². The quantitative estimate of drug-likeness (QED) is 0.828. The highest BCUT2D eigenvalue weighted by Crippen LogP contribution is 2.30. The Morgan fingerprint density at radius 3 is 2.60 bits per heavy atom. The van der Waals surface area contributed by atoms with E-state index in [9.17, 15) is 4.79 Å². The second-order valence-corrected chi connectivity index (χ2v) is 6.54. The molecule has 0 bridgehead atoms. The molecule has 20 heavy (non-hydrogen) atoms. The van der Waals surface area contributed by atoms with E-state index in [1.54, 1.807) is 6.92 Å². The summed E-state index contributed by atoms with van der Waals surface area (Å²) in [5.74, 6) is -0.350. The largest absolute Gasteiger partial charge is 0.479 e. The Morgan fingerprint density at radius 1 is 1.45 bits per heavy atom. The maximum Gasteiger partial charge on any atom is 0.344 e. The highest BCUT2D eigenvalue weighted by atomic mass is 79.9. The average molecular weight is 344 g/mol. The van der Waals surface area contributed by atoms with E-state index in [0.29, 0.717) is 18.7 Å². The summed E-state index contributed by atoms with van der Waals surface area (Å²) >= 11 is 3.43. The third-order valence-electron chi connectivity index (χ3n) is 2.76. The van der Waals surface area contributed by atoms with Crippen LogP contribution < -0.4 is 10.1 Å². The van der Waals surface area contributed by atoms with Crippen molar-refractivity contribution in [1.82, 2.24) is 5.32 Å². The van der Waals surface area contributed by atoms with Crippen LogP contribution in [-0.2, 0) is 11.3 Å². The van der Waals surface area contributed by atoms with E-state index in [1.807, 2.05) is 18.2 Å². The lowest BCUT2D eigenvalue weighted by Gasteiger charge is -2.23. The lowest BCUT2D eigenvalue weighted by molar-refractivity contribution is -0.145. The number of carboxylic acid groups (broad SMARTS) is 1. The van der Waals surface area contributed by atoms with E-state index in [4.69, 9.17) is 9.84 Å². The standard InChI is InChI=1S/C15H22BrNO3/c1-5-12(14(18)19)20-13-10(7-6-8-11(13)16)9-17-15(2,3)4/h6-8,12,17H,5,9H2,1-4H3,(H,18,19). The molecule has 0 aromatic heterocycles. The van der Waals surface area contributed by atoms with Crippen LogP contribution in [0.3, 0.4) is 0 Å². The molecule has 1 rings (SSSR count). The first-order chi connectivity index (χ1) is 9.24. The number of hydrogen-bond donors (Lipinski definition) is 2. The molecule has 1 atom stereocenters. The molecule has 0 radical (unpaired) electrons. The summed E-state index contributed by atoms with van der Waals surface area (Å²) in [6.07, 6.45) is -0.412. The van der Waals surface area contributed by atoms with Gasteiger partial charge in [0.15, 0.2) is 6.10 Å². The van der Waals surface area contributed by atoms with Crippen molar-refractivity contribution in [2.24, 2.45) is 0 Å². The number of carboxylic acids is 1. The predicted molar refractivity (Wildman–Crippen MR) is 83.1 cm³/mol. The molecule has 0 saturated carbocycles. The predicted octanol–water partition coefficient (Wildman–Crippen LogP) is 3.58. The number of rotatable bonds is 6. The smallest absolute Gasteiger partial charge is 0.344 e. The first kappa shape index (κ1) is 17.0. The number of carbonyl (C=O) groups is 1. The van der Waals surface area contributed by atoms with E-state index in [1.165, 1.54) is 0 Å². The molecule has 5 heteroatoms. The van der Waals surface area contributed by atoms with Crippen LogP contribution >= 0.6 is 15.9 Å². The van der Waals surface area contributed by atoms with E-state index in [2.05, 4.69) is 42.0 Å². The lowest BCUT2D eigenvalue weighted by Crippen LogP contribution is -2.35. The van der Waals surface area contributed by atoms with Gasteiger partial charge < -0.3 is 15.2 Å². The number of nitrogens with one attached hydrogen (secondary N) is 1. The van der Waals surface area contributed by atoms with Crippen LogP contribution in [0.4, 0.5) is 0 Å². The second-order valence-electron chi connectivity index (χ2n) is 5.68. The van der Waals surface area contributed by atoms with Crippen molar-refractivity contribution in [3.63, 3.8) is 0 Å². The molecule has 2 N–H and O–H groups in total. The number of hydrogen-bond acceptors (Lipinski definition) is 3. The van der Waals surface area contributed by atoms with Crippen molar-refractivity contribution in [2.45, 2.75) is 52.3 Å². The molecular weight excluding hydrogens is 322 g/mol. The van der Waals surface area contributed by atoms with Gasteiger partial charge in [0, 0.05) is 17.6 Å². The maximum absolute atomic E-state index is 11.1. The minimum Gasteiger partial charge on any atom is -0.479 e. The molecule has 1 unspecified atom stereocenters. The summed E-state index contributed by atoms with van der Waals surface area (Å²) in [5.41, 5.74) is 0.922. The van der Waals surface area contributed by atoms with Gasteiger partial charge >= 0.3 is 5.97 Å². The fraction of sp³-hybridized carbons (Fsp3) is 0.533. The molecule has 0 aliphatic rings. The topological polar surface area (TPSA) is 58.6 Å². The SMILES string of the molecule is CCC(Oc1c(Br)cccc1CNC(C)(C)C)C(=O)O. The third kappa shape index (κ3) is 5.13. The molecule has 0 aliphatic carbocycles. The minimum atomic E-state index is -0.946. The molecule has 1 aromatic rings. The summed E-state index contributed by atoms with van der Waals surface area (Å²) in [7, 11) is 0. The number of aliphatic carboxylic acids is 1. The van der Waals surface area contributed by atoms with Crippen molar-refractivity contribution in [2.75, 3.05) is 0 Å². The van der Waals surface area contributed by atoms with Gasteiger partial charge in [-0.25, -0.2) is 4.79 Å². The van der Waals surface area contributed by atoms with Gasteiger partial charge in [0.25, 0.3) is 0 Å². The van der Waals surface area contributed by atoms with Crippen LogP contribution in [0.1, 0.15) is 39.7 Å². The molecule has 0 spiro atoms. The van der Waals surface area contributed by atoms with Gasteiger partial charge in [-0.1, -0.05) is 19.1 Å². The molecule has 0 saturated heterocycles. The van der Waals surface area contributed by atoms with Gasteiger partial charge in [-0.3, -0.25) is 0 Å². The van der Waals surface area contributed by atoms with Gasteiger partial charge in [-0.15, -0.1) is 0 Å². The zero-order valence-corrected chi connectivity index (χ0v) is 14.0. The maximum atomic E-state index is 11.1. The molecule has 0 fully saturated rings. The van der Waals surface area contributed by atoms with Crippen LogP contribution in [-0.4, -0.2) is 22.7 Å². The Morgan fingerprint density at radius 2 is 2.10 bits per heavy atom. The summed E-state index contributed by atoms with van der Waals surface area (Å²) in [6, 6.07) is 5.70. The van der Waals surface area contributed by atoms with Crippen LogP contribution in [0.5, 0.6) is 5.75 Å². The normalized spacial score (nSPS) is 13.1. The highest BCUT2D eigenvalue weighted by Gasteiger charge is 2.20. The van der Waals surface area contributed by atoms with Crippen molar-refractivity contribution in [3.05, 3.63) is 28.2 Å². The van der Waals surface area contributed by atoms with E-state index < -0.39 is 12.1 Å². The van der Waals surface area contributed by atoms with Crippen molar-refractivity contribution in [1.29, 1.82) is 0 Å². The molecular formula is C15H22BrNO3. The first-order valence-corrected chi connectivity index (χ1v) is 7.45. The highest BCUT2D eigenvalue weighted by molar-refractivity contribution is 9.10. The Hall–Kier alpha value is -1.07. The molecule has 1 aromatic carbocycles. The average Bonchev–Trinajstić information content (AvgIpc) is 2.33. The summed E-state index contributed by atoms with van der Waals surface area (Å²) in [6.45, 7) is 8.66. The third-order valence-corrected chi connectivity index (χ3v) is 3.39. The zero-order chi connectivity index (χ0) is 15.3. The first-order valence-electron chi connectivity index (χ1n) is 6.66. The number of benzene rings is 1. The van der Waals surface area contributed by atoms with Gasteiger partial charge in [-0.2, -0.15) is 0 Å². The number of para-hydroxylation sites is 1. The van der Waals surface area contributed by atoms with Crippen molar-refractivity contribution in [3.8, 4) is 5.75 Å². The van der Waals surface area contributed by atoms with E-state index in [-0.39, 0.29) is 5.54 Å². The van der Waals surface area contributed by atoms with Crippen molar-refractivity contribution >= 4 is 21.9 Å². The van der Waals surface area contributed by atoms with Gasteiger partial charge in [-0.05, 0) is 49.2 Å². The van der Waals surface area contributed by atoms with Gasteiger partial charge in [0.05, 0.1) is 4.47 Å².